The lowest BCUT2D eigenvalue weighted by atomic mass is 9.94. The summed E-state index contributed by atoms with van der Waals surface area (Å²) < 4.78 is 0. The van der Waals surface area contributed by atoms with Gasteiger partial charge in [0, 0.05) is 44.3 Å². The van der Waals surface area contributed by atoms with E-state index in [0.717, 1.165) is 31.2 Å². The number of rotatable bonds is 2. The van der Waals surface area contributed by atoms with Crippen molar-refractivity contribution in [2.45, 2.75) is 31.1 Å². The average molecular weight is 390 g/mol. The van der Waals surface area contributed by atoms with Gasteiger partial charge < -0.3 is 14.7 Å². The van der Waals surface area contributed by atoms with E-state index in [1.807, 2.05) is 29.2 Å². The number of nitrogens with zero attached hydrogens (tertiary/aromatic N) is 3. The summed E-state index contributed by atoms with van der Waals surface area (Å²) in [4.78, 5) is 42.9. The molecule has 2 aliphatic heterocycles. The van der Waals surface area contributed by atoms with Gasteiger partial charge in [-0.1, -0.05) is 23.7 Å². The molecule has 0 N–H and O–H groups in total. The Labute approximate surface area is 164 Å². The van der Waals surface area contributed by atoms with Gasteiger partial charge in [-0.2, -0.15) is 0 Å². The Kier molecular flexibility index (Phi) is 4.84. The first kappa shape index (κ1) is 18.3. The zero-order valence-corrected chi connectivity index (χ0v) is 16.1. The maximum atomic E-state index is 13.1. The van der Waals surface area contributed by atoms with Crippen LogP contribution in [0.25, 0.3) is 0 Å². The second-order valence-corrected chi connectivity index (χ2v) is 8.11. The maximum Gasteiger partial charge on any atom is 0.312 e. The summed E-state index contributed by atoms with van der Waals surface area (Å²) in [6.07, 6.45) is 3.59. The molecule has 0 bridgehead atoms. The zero-order valence-electron chi connectivity index (χ0n) is 15.3. The molecule has 3 fully saturated rings. The molecule has 3 amide bonds. The molecule has 3 aliphatic rings. The lowest BCUT2D eigenvalue weighted by molar-refractivity contribution is -0.153. The number of hydrogen-bond acceptors (Lipinski definition) is 3. The van der Waals surface area contributed by atoms with Crippen molar-refractivity contribution in [1.29, 1.82) is 0 Å². The maximum absolute atomic E-state index is 13.1. The van der Waals surface area contributed by atoms with Gasteiger partial charge in [0.05, 0.1) is 5.41 Å². The summed E-state index contributed by atoms with van der Waals surface area (Å²) in [6, 6.07) is 7.53. The van der Waals surface area contributed by atoms with Crippen molar-refractivity contribution >= 4 is 29.3 Å². The fourth-order valence-corrected chi connectivity index (χ4v) is 4.33. The molecule has 0 atom stereocenters. The van der Waals surface area contributed by atoms with Gasteiger partial charge in [-0.3, -0.25) is 14.4 Å². The molecule has 0 radical (unpaired) electrons. The van der Waals surface area contributed by atoms with E-state index in [4.69, 9.17) is 11.6 Å². The second-order valence-electron chi connectivity index (χ2n) is 7.68. The van der Waals surface area contributed by atoms with Crippen LogP contribution in [0.15, 0.2) is 24.3 Å². The van der Waals surface area contributed by atoms with Gasteiger partial charge in [0.15, 0.2) is 0 Å². The van der Waals surface area contributed by atoms with Crippen LogP contribution < -0.4 is 0 Å². The first-order chi connectivity index (χ1) is 13.0. The third-order valence-corrected chi connectivity index (χ3v) is 6.20. The fraction of sp³-hybridized carbons (Fsp3) is 0.550. The highest BCUT2D eigenvalue weighted by Gasteiger charge is 2.53. The standard InChI is InChI=1S/C20H24ClN3O3/c21-16-5-3-4-15(14-16)20(6-7-20)19(27)24-12-10-23(11-13-24)18(26)17(25)22-8-1-2-9-22/h3-5,14H,1-2,6-13H2. The molecule has 1 aliphatic carbocycles. The van der Waals surface area contributed by atoms with Gasteiger partial charge in [0.1, 0.15) is 0 Å². The molecule has 6 nitrogen and oxygen atoms in total. The first-order valence-electron chi connectivity index (χ1n) is 9.65. The van der Waals surface area contributed by atoms with E-state index in [9.17, 15) is 14.4 Å². The van der Waals surface area contributed by atoms with Crippen LogP contribution >= 0.6 is 11.6 Å². The number of amides is 3. The molecular weight excluding hydrogens is 366 g/mol. The van der Waals surface area contributed by atoms with Crippen molar-refractivity contribution in [2.75, 3.05) is 39.3 Å². The number of benzene rings is 1. The smallest absolute Gasteiger partial charge is 0.312 e. The van der Waals surface area contributed by atoms with E-state index in [1.54, 1.807) is 9.80 Å². The molecule has 1 saturated carbocycles. The highest BCUT2D eigenvalue weighted by molar-refractivity contribution is 6.35. The van der Waals surface area contributed by atoms with E-state index < -0.39 is 17.2 Å². The first-order valence-corrected chi connectivity index (χ1v) is 10.0. The number of piperazine rings is 1. The minimum atomic E-state index is -0.456. The van der Waals surface area contributed by atoms with Gasteiger partial charge in [0.2, 0.25) is 5.91 Å². The number of hydrogen-bond donors (Lipinski definition) is 0. The normalized spacial score (nSPS) is 21.3. The van der Waals surface area contributed by atoms with Crippen LogP contribution in [-0.2, 0) is 19.8 Å². The van der Waals surface area contributed by atoms with Crippen LogP contribution in [0.5, 0.6) is 0 Å². The lowest BCUT2D eigenvalue weighted by Crippen LogP contribution is -2.55. The fourth-order valence-electron chi connectivity index (χ4n) is 4.14. The highest BCUT2D eigenvalue weighted by Crippen LogP contribution is 2.50. The molecule has 144 valence electrons. The monoisotopic (exact) mass is 389 g/mol. The van der Waals surface area contributed by atoms with Crippen LogP contribution in [0.2, 0.25) is 5.02 Å². The zero-order chi connectivity index (χ0) is 19.0. The van der Waals surface area contributed by atoms with Gasteiger partial charge >= 0.3 is 11.8 Å². The lowest BCUT2D eigenvalue weighted by Gasteiger charge is -2.36. The largest absolute Gasteiger partial charge is 0.338 e. The molecule has 27 heavy (non-hydrogen) atoms. The Bertz CT molecular complexity index is 763. The second kappa shape index (κ2) is 7.15. The molecule has 1 aromatic rings. The number of halogens is 1. The van der Waals surface area contributed by atoms with E-state index in [2.05, 4.69) is 0 Å². The Morgan fingerprint density at radius 2 is 1.37 bits per heavy atom. The molecule has 0 aromatic heterocycles. The topological polar surface area (TPSA) is 60.9 Å². The molecule has 4 rings (SSSR count). The molecular formula is C20H24ClN3O3. The van der Waals surface area contributed by atoms with Crippen LogP contribution in [0, 0.1) is 0 Å². The van der Waals surface area contributed by atoms with Crippen molar-refractivity contribution in [3.05, 3.63) is 34.9 Å². The summed E-state index contributed by atoms with van der Waals surface area (Å²) in [6.45, 7) is 3.11. The average Bonchev–Trinajstić information content (AvgIpc) is 3.33. The van der Waals surface area contributed by atoms with E-state index in [-0.39, 0.29) is 5.91 Å². The van der Waals surface area contributed by atoms with Gasteiger partial charge in [0.25, 0.3) is 0 Å². The van der Waals surface area contributed by atoms with Crippen LogP contribution in [0.3, 0.4) is 0 Å². The van der Waals surface area contributed by atoms with Crippen LogP contribution in [0.4, 0.5) is 0 Å². The third-order valence-electron chi connectivity index (χ3n) is 5.97. The van der Waals surface area contributed by atoms with Crippen LogP contribution in [0.1, 0.15) is 31.2 Å². The Hall–Kier alpha value is -2.08. The summed E-state index contributed by atoms with van der Waals surface area (Å²) in [5.41, 5.74) is 0.519. The number of carbonyl (C=O) groups excluding carboxylic acids is 3. The van der Waals surface area contributed by atoms with E-state index in [1.165, 1.54) is 0 Å². The Morgan fingerprint density at radius 3 is 1.93 bits per heavy atom. The summed E-state index contributed by atoms with van der Waals surface area (Å²) >= 11 is 6.10. The summed E-state index contributed by atoms with van der Waals surface area (Å²) in [5.74, 6) is -0.715. The predicted octanol–water partition coefficient (Wildman–Crippen LogP) is 1.66. The number of likely N-dealkylation sites (tertiary alicyclic amines) is 1. The van der Waals surface area contributed by atoms with E-state index >= 15 is 0 Å². The predicted molar refractivity (Wildman–Crippen MR) is 101 cm³/mol. The molecule has 0 unspecified atom stereocenters. The molecule has 2 heterocycles. The molecule has 0 spiro atoms. The van der Waals surface area contributed by atoms with Gasteiger partial charge in [-0.25, -0.2) is 0 Å². The summed E-state index contributed by atoms with van der Waals surface area (Å²) in [5, 5.41) is 0.641. The van der Waals surface area contributed by atoms with Gasteiger partial charge in [-0.05, 0) is 43.4 Å². The van der Waals surface area contributed by atoms with Crippen molar-refractivity contribution in [3.8, 4) is 0 Å². The van der Waals surface area contributed by atoms with Crippen molar-refractivity contribution in [2.24, 2.45) is 0 Å². The quantitative estimate of drug-likeness (QED) is 0.723. The SMILES string of the molecule is O=C(C(=O)N1CCN(C(=O)C2(c3cccc(Cl)c3)CC2)CC1)N1CCCC1. The van der Waals surface area contributed by atoms with Crippen LogP contribution in [-0.4, -0.2) is 71.7 Å². The Morgan fingerprint density at radius 1 is 0.815 bits per heavy atom. The molecule has 1 aromatic carbocycles. The minimum absolute atomic E-state index is 0.114. The third kappa shape index (κ3) is 3.43. The van der Waals surface area contributed by atoms with E-state index in [0.29, 0.717) is 44.3 Å². The number of carbonyl (C=O) groups is 3. The van der Waals surface area contributed by atoms with Crippen molar-refractivity contribution in [1.82, 2.24) is 14.7 Å². The van der Waals surface area contributed by atoms with Gasteiger partial charge in [-0.15, -0.1) is 0 Å². The van der Waals surface area contributed by atoms with Crippen molar-refractivity contribution in [3.63, 3.8) is 0 Å². The van der Waals surface area contributed by atoms with Crippen molar-refractivity contribution < 1.29 is 14.4 Å². The minimum Gasteiger partial charge on any atom is -0.338 e. The highest BCUT2D eigenvalue weighted by atomic mass is 35.5. The summed E-state index contributed by atoms with van der Waals surface area (Å²) in [7, 11) is 0. The Balaban J connectivity index is 1.37. The molecule has 2 saturated heterocycles. The molecule has 7 heteroatoms.